The highest BCUT2D eigenvalue weighted by atomic mass is 35.5. The molecule has 1 fully saturated rings. The summed E-state index contributed by atoms with van der Waals surface area (Å²) in [6.45, 7) is 10.8. The number of amides is 1. The van der Waals surface area contributed by atoms with E-state index in [4.69, 9.17) is 10.7 Å². The normalized spacial score (nSPS) is 23.7. The number of nitrogens with one attached hydrogen (secondary N) is 1. The molecule has 1 saturated carbocycles. The molecule has 0 bridgehead atoms. The molecule has 3 N–H and O–H groups in total. The molecule has 1 atom stereocenters. The molecule has 5 nitrogen and oxygen atoms in total. The van der Waals surface area contributed by atoms with Gasteiger partial charge in [-0.25, -0.2) is 9.97 Å². The summed E-state index contributed by atoms with van der Waals surface area (Å²) in [5.74, 6) is 0.822. The minimum atomic E-state index is -0.645. The van der Waals surface area contributed by atoms with Crippen LogP contribution in [0.2, 0.25) is 0 Å². The lowest BCUT2D eigenvalue weighted by atomic mass is 9.74. The number of hydrogen-bond acceptors (Lipinski definition) is 4. The van der Waals surface area contributed by atoms with Gasteiger partial charge in [0, 0.05) is 22.9 Å². The van der Waals surface area contributed by atoms with E-state index in [0.29, 0.717) is 0 Å². The Balaban J connectivity index is 0.00000208. The van der Waals surface area contributed by atoms with Crippen LogP contribution in [-0.2, 0) is 16.6 Å². The van der Waals surface area contributed by atoms with Crippen LogP contribution in [0.15, 0.2) is 6.20 Å². The first-order chi connectivity index (χ1) is 10.5. The van der Waals surface area contributed by atoms with Gasteiger partial charge in [0.25, 0.3) is 0 Å². The molecule has 6 heteroatoms. The first-order valence-electron chi connectivity index (χ1n) is 8.46. The highest BCUT2D eigenvalue weighted by Crippen LogP contribution is 2.41. The summed E-state index contributed by atoms with van der Waals surface area (Å²) in [5.41, 5.74) is 7.52. The number of carbonyl (C=O) groups excluding carboxylic acids is 1. The van der Waals surface area contributed by atoms with Gasteiger partial charge < -0.3 is 11.1 Å². The summed E-state index contributed by atoms with van der Waals surface area (Å²) < 4.78 is 0. The summed E-state index contributed by atoms with van der Waals surface area (Å²) >= 11 is 0. The van der Waals surface area contributed by atoms with Crippen LogP contribution in [0.3, 0.4) is 0 Å². The van der Waals surface area contributed by atoms with Gasteiger partial charge >= 0.3 is 0 Å². The number of hydrogen-bond donors (Lipinski definition) is 2. The number of carbonyl (C=O) groups is 1. The molecule has 0 spiro atoms. The topological polar surface area (TPSA) is 80.9 Å². The van der Waals surface area contributed by atoms with E-state index in [-0.39, 0.29) is 35.2 Å². The molecule has 0 radical (unpaired) electrons. The Bertz CT molecular complexity index is 647. The van der Waals surface area contributed by atoms with E-state index in [1.165, 1.54) is 0 Å². The number of halogens is 1. The Hall–Kier alpha value is -1.20. The summed E-state index contributed by atoms with van der Waals surface area (Å²) in [7, 11) is 0. The average molecular weight is 353 g/mol. The van der Waals surface area contributed by atoms with Crippen molar-refractivity contribution in [2.75, 3.05) is 0 Å². The van der Waals surface area contributed by atoms with E-state index in [1.54, 1.807) is 0 Å². The van der Waals surface area contributed by atoms with Crippen LogP contribution in [0.4, 0.5) is 0 Å². The molecular formula is C18H29ClN4O. The van der Waals surface area contributed by atoms with Gasteiger partial charge in [-0.3, -0.25) is 4.79 Å². The van der Waals surface area contributed by atoms with Crippen molar-refractivity contribution in [3.8, 4) is 0 Å². The van der Waals surface area contributed by atoms with Crippen molar-refractivity contribution in [3.05, 3.63) is 23.3 Å². The third kappa shape index (κ3) is 3.72. The fourth-order valence-corrected chi connectivity index (χ4v) is 3.20. The minimum absolute atomic E-state index is 0. The molecule has 3 rings (SSSR count). The van der Waals surface area contributed by atoms with E-state index in [2.05, 4.69) is 44.9 Å². The van der Waals surface area contributed by atoms with Gasteiger partial charge in [0.2, 0.25) is 5.91 Å². The van der Waals surface area contributed by atoms with E-state index < -0.39 is 5.54 Å². The van der Waals surface area contributed by atoms with Crippen molar-refractivity contribution < 1.29 is 4.79 Å². The quantitative estimate of drug-likeness (QED) is 0.857. The average Bonchev–Trinajstić information content (AvgIpc) is 3.15. The Morgan fingerprint density at radius 2 is 1.96 bits per heavy atom. The van der Waals surface area contributed by atoms with E-state index >= 15 is 0 Å². The van der Waals surface area contributed by atoms with Crippen molar-refractivity contribution in [2.24, 2.45) is 11.1 Å². The van der Waals surface area contributed by atoms with Crippen LogP contribution in [0.1, 0.15) is 77.0 Å². The van der Waals surface area contributed by atoms with Gasteiger partial charge in [-0.1, -0.05) is 34.6 Å². The van der Waals surface area contributed by atoms with Gasteiger partial charge in [0.15, 0.2) is 0 Å². The molecule has 0 aromatic carbocycles. The molecule has 2 aliphatic rings. The lowest BCUT2D eigenvalue weighted by Crippen LogP contribution is -2.46. The van der Waals surface area contributed by atoms with Crippen LogP contribution in [-0.4, -0.2) is 21.4 Å². The fourth-order valence-electron chi connectivity index (χ4n) is 3.20. The highest BCUT2D eigenvalue weighted by molar-refractivity contribution is 5.89. The lowest BCUT2D eigenvalue weighted by Gasteiger charge is -2.37. The van der Waals surface area contributed by atoms with Crippen molar-refractivity contribution in [3.63, 3.8) is 0 Å². The van der Waals surface area contributed by atoms with Crippen molar-refractivity contribution in [1.82, 2.24) is 15.3 Å². The minimum Gasteiger partial charge on any atom is -0.348 e. The molecule has 1 aromatic heterocycles. The Labute approximate surface area is 150 Å². The van der Waals surface area contributed by atoms with Crippen LogP contribution in [0.5, 0.6) is 0 Å². The number of nitrogens with two attached hydrogens (primary N) is 1. The predicted molar refractivity (Wildman–Crippen MR) is 97.1 cm³/mol. The molecule has 1 amide bonds. The van der Waals surface area contributed by atoms with Crippen LogP contribution >= 0.6 is 12.4 Å². The maximum Gasteiger partial charge on any atom is 0.240 e. The zero-order valence-corrected chi connectivity index (χ0v) is 16.1. The Morgan fingerprint density at radius 1 is 1.33 bits per heavy atom. The molecule has 24 heavy (non-hydrogen) atoms. The van der Waals surface area contributed by atoms with Gasteiger partial charge in [0.05, 0.1) is 11.6 Å². The van der Waals surface area contributed by atoms with Crippen molar-refractivity contribution >= 4 is 18.3 Å². The second kappa shape index (κ2) is 5.95. The Morgan fingerprint density at radius 3 is 2.50 bits per heavy atom. The van der Waals surface area contributed by atoms with Gasteiger partial charge in [-0.05, 0) is 31.1 Å². The number of aromatic nitrogens is 2. The lowest BCUT2D eigenvalue weighted by molar-refractivity contribution is -0.124. The standard InChI is InChI=1S/C18H28N4O.ClH/c1-16(2,3)14-20-10-11-12(21-14)8-17(4,5)9-13(11)22-15(23)18(19)6-7-18;/h10,13H,6-9,19H2,1-5H3,(H,22,23);1H. The maximum atomic E-state index is 12.4. The largest absolute Gasteiger partial charge is 0.348 e. The molecule has 0 aliphatic heterocycles. The summed E-state index contributed by atoms with van der Waals surface area (Å²) in [4.78, 5) is 21.7. The van der Waals surface area contributed by atoms with E-state index in [1.807, 2.05) is 6.20 Å². The summed E-state index contributed by atoms with van der Waals surface area (Å²) in [6, 6.07) is -0.0451. The van der Waals surface area contributed by atoms with Gasteiger partial charge in [0.1, 0.15) is 5.82 Å². The van der Waals surface area contributed by atoms with Crippen molar-refractivity contribution in [1.29, 1.82) is 0 Å². The van der Waals surface area contributed by atoms with Crippen LogP contribution < -0.4 is 11.1 Å². The van der Waals surface area contributed by atoms with Crippen LogP contribution in [0, 0.1) is 5.41 Å². The zero-order chi connectivity index (χ0) is 17.0. The molecule has 1 heterocycles. The second-order valence-corrected chi connectivity index (χ2v) is 9.07. The third-order valence-electron chi connectivity index (χ3n) is 4.90. The number of nitrogens with zero attached hydrogens (tertiary/aromatic N) is 2. The predicted octanol–water partition coefficient (Wildman–Crippen LogP) is 2.82. The molecule has 134 valence electrons. The van der Waals surface area contributed by atoms with Crippen molar-refractivity contribution in [2.45, 2.75) is 77.3 Å². The highest BCUT2D eigenvalue weighted by Gasteiger charge is 2.47. The first kappa shape index (κ1) is 19.1. The van der Waals surface area contributed by atoms with E-state index in [0.717, 1.165) is 42.8 Å². The Kier molecular flexibility index (Phi) is 4.75. The molecule has 2 aliphatic carbocycles. The monoisotopic (exact) mass is 352 g/mol. The number of rotatable bonds is 2. The van der Waals surface area contributed by atoms with Gasteiger partial charge in [-0.2, -0.15) is 0 Å². The smallest absolute Gasteiger partial charge is 0.240 e. The van der Waals surface area contributed by atoms with Gasteiger partial charge in [-0.15, -0.1) is 12.4 Å². The number of fused-ring (bicyclic) bond motifs is 1. The van der Waals surface area contributed by atoms with Crippen LogP contribution in [0.25, 0.3) is 0 Å². The molecule has 1 aromatic rings. The zero-order valence-electron chi connectivity index (χ0n) is 15.3. The third-order valence-corrected chi connectivity index (χ3v) is 4.90. The first-order valence-corrected chi connectivity index (χ1v) is 8.46. The summed E-state index contributed by atoms with van der Waals surface area (Å²) in [5, 5.41) is 3.15. The fraction of sp³-hybridized carbons (Fsp3) is 0.722. The maximum absolute atomic E-state index is 12.4. The van der Waals surface area contributed by atoms with E-state index in [9.17, 15) is 4.79 Å². The molecule has 0 saturated heterocycles. The molecule has 1 unspecified atom stereocenters. The molecular weight excluding hydrogens is 324 g/mol. The SMILES string of the molecule is CC1(C)Cc2nc(C(C)(C)C)ncc2C(NC(=O)C2(N)CC2)C1.Cl. The summed E-state index contributed by atoms with van der Waals surface area (Å²) in [6.07, 6.45) is 5.26. The second-order valence-electron chi connectivity index (χ2n) is 9.07.